The fraction of sp³-hybridized carbons (Fsp3) is 0.158. The molecule has 0 amide bonds. The van der Waals surface area contributed by atoms with Crippen molar-refractivity contribution < 1.29 is 4.74 Å². The lowest BCUT2D eigenvalue weighted by molar-refractivity contribution is 0.415. The number of fused-ring (bicyclic) bond motifs is 3. The van der Waals surface area contributed by atoms with Crippen molar-refractivity contribution in [2.75, 3.05) is 19.0 Å². The standard InChI is InChI=1S/C19H15Cl2N3O/c1-25-13-5-2-11(3-6-13)19-23-17-14-7-4-12(20)10-16(14)22-9-8-15(17)18(21)24-19/h2-7,10,22H,8-9H2,1H3. The van der Waals surface area contributed by atoms with Gasteiger partial charge in [0.2, 0.25) is 0 Å². The highest BCUT2D eigenvalue weighted by atomic mass is 35.5. The molecule has 0 radical (unpaired) electrons. The Labute approximate surface area is 155 Å². The fourth-order valence-electron chi connectivity index (χ4n) is 2.96. The molecule has 2 aromatic carbocycles. The Morgan fingerprint density at radius 2 is 1.84 bits per heavy atom. The summed E-state index contributed by atoms with van der Waals surface area (Å²) in [6.45, 7) is 0.755. The number of halogens is 2. The van der Waals surface area contributed by atoms with Crippen LogP contribution in [-0.4, -0.2) is 23.6 Å². The molecule has 0 bridgehead atoms. The average Bonchev–Trinajstić information content (AvgIpc) is 2.81. The third-order valence-corrected chi connectivity index (χ3v) is 4.78. The molecule has 0 spiro atoms. The average molecular weight is 372 g/mol. The lowest BCUT2D eigenvalue weighted by Gasteiger charge is -2.12. The lowest BCUT2D eigenvalue weighted by atomic mass is 10.0. The number of hydrogen-bond donors (Lipinski definition) is 1. The summed E-state index contributed by atoms with van der Waals surface area (Å²) in [6.07, 6.45) is 0.753. The van der Waals surface area contributed by atoms with E-state index in [9.17, 15) is 0 Å². The van der Waals surface area contributed by atoms with E-state index in [-0.39, 0.29) is 0 Å². The summed E-state index contributed by atoms with van der Waals surface area (Å²) in [7, 11) is 1.64. The van der Waals surface area contributed by atoms with Crippen LogP contribution in [0.5, 0.6) is 5.75 Å². The van der Waals surface area contributed by atoms with Gasteiger partial charge in [-0.05, 0) is 48.9 Å². The highest BCUT2D eigenvalue weighted by molar-refractivity contribution is 6.31. The van der Waals surface area contributed by atoms with Crippen LogP contribution in [0, 0.1) is 0 Å². The predicted molar refractivity (Wildman–Crippen MR) is 102 cm³/mol. The second-order valence-electron chi connectivity index (χ2n) is 5.76. The highest BCUT2D eigenvalue weighted by Crippen LogP contribution is 2.37. The summed E-state index contributed by atoms with van der Waals surface area (Å²) in [4.78, 5) is 9.32. The molecule has 0 saturated heterocycles. The minimum absolute atomic E-state index is 0.486. The molecule has 126 valence electrons. The molecule has 4 rings (SSSR count). The van der Waals surface area contributed by atoms with Gasteiger partial charge in [-0.1, -0.05) is 23.2 Å². The zero-order chi connectivity index (χ0) is 17.4. The van der Waals surface area contributed by atoms with Gasteiger partial charge >= 0.3 is 0 Å². The van der Waals surface area contributed by atoms with Crippen molar-refractivity contribution >= 4 is 28.9 Å². The number of nitrogens with one attached hydrogen (secondary N) is 1. The summed E-state index contributed by atoms with van der Waals surface area (Å²) < 4.78 is 5.21. The Hall–Kier alpha value is -2.30. The van der Waals surface area contributed by atoms with Crippen molar-refractivity contribution in [3.63, 3.8) is 0 Å². The number of ether oxygens (including phenoxy) is 1. The summed E-state index contributed by atoms with van der Waals surface area (Å²) in [6, 6.07) is 13.4. The molecule has 4 nitrogen and oxygen atoms in total. The molecule has 0 aliphatic carbocycles. The Bertz CT molecular complexity index is 942. The van der Waals surface area contributed by atoms with Gasteiger partial charge < -0.3 is 10.1 Å². The number of methoxy groups -OCH3 is 1. The maximum absolute atomic E-state index is 6.50. The molecule has 1 aromatic heterocycles. The molecule has 25 heavy (non-hydrogen) atoms. The third-order valence-electron chi connectivity index (χ3n) is 4.23. The second kappa shape index (κ2) is 6.54. The first-order valence-corrected chi connectivity index (χ1v) is 8.66. The van der Waals surface area contributed by atoms with Gasteiger partial charge in [0.05, 0.1) is 12.8 Å². The summed E-state index contributed by atoms with van der Waals surface area (Å²) >= 11 is 12.6. The SMILES string of the molecule is COc1ccc(-c2nc(Cl)c3c(n2)-c2ccc(Cl)cc2NCC3)cc1. The van der Waals surface area contributed by atoms with Crippen LogP contribution in [0.3, 0.4) is 0 Å². The van der Waals surface area contributed by atoms with E-state index in [1.54, 1.807) is 7.11 Å². The first-order chi connectivity index (χ1) is 12.2. The first kappa shape index (κ1) is 16.2. The molecule has 1 aliphatic heterocycles. The van der Waals surface area contributed by atoms with Gasteiger partial charge in [0.1, 0.15) is 10.9 Å². The normalized spacial score (nSPS) is 12.6. The quantitative estimate of drug-likeness (QED) is 0.637. The number of nitrogens with zero attached hydrogens (tertiary/aromatic N) is 2. The maximum atomic E-state index is 6.50. The third kappa shape index (κ3) is 3.03. The van der Waals surface area contributed by atoms with Gasteiger partial charge in [0.15, 0.2) is 5.82 Å². The molecule has 0 atom stereocenters. The van der Waals surface area contributed by atoms with Crippen LogP contribution in [0.2, 0.25) is 10.2 Å². The smallest absolute Gasteiger partial charge is 0.161 e. The summed E-state index contributed by atoms with van der Waals surface area (Å²) in [5.74, 6) is 1.38. The molecule has 1 aliphatic rings. The van der Waals surface area contributed by atoms with E-state index in [0.717, 1.165) is 46.8 Å². The highest BCUT2D eigenvalue weighted by Gasteiger charge is 2.20. The van der Waals surface area contributed by atoms with E-state index < -0.39 is 0 Å². The van der Waals surface area contributed by atoms with Crippen LogP contribution in [0.25, 0.3) is 22.6 Å². The molecule has 3 aromatic rings. The molecule has 0 saturated carbocycles. The molecular weight excluding hydrogens is 357 g/mol. The summed E-state index contributed by atoms with van der Waals surface area (Å²) in [5, 5.41) is 4.56. The number of aromatic nitrogens is 2. The maximum Gasteiger partial charge on any atom is 0.161 e. The predicted octanol–water partition coefficient (Wildman–Crippen LogP) is 5.09. The van der Waals surface area contributed by atoms with E-state index in [1.807, 2.05) is 42.5 Å². The Balaban J connectivity index is 1.89. The van der Waals surface area contributed by atoms with Crippen LogP contribution < -0.4 is 10.1 Å². The second-order valence-corrected chi connectivity index (χ2v) is 6.55. The van der Waals surface area contributed by atoms with Crippen molar-refractivity contribution in [3.8, 4) is 28.4 Å². The fourth-order valence-corrected chi connectivity index (χ4v) is 3.40. The molecule has 0 unspecified atom stereocenters. The van der Waals surface area contributed by atoms with Crippen LogP contribution in [-0.2, 0) is 6.42 Å². The van der Waals surface area contributed by atoms with Crippen molar-refractivity contribution in [2.24, 2.45) is 0 Å². The zero-order valence-electron chi connectivity index (χ0n) is 13.5. The first-order valence-electron chi connectivity index (χ1n) is 7.90. The van der Waals surface area contributed by atoms with E-state index in [2.05, 4.69) is 10.3 Å². The number of hydrogen-bond acceptors (Lipinski definition) is 4. The molecule has 6 heteroatoms. The van der Waals surface area contributed by atoms with Crippen LogP contribution in [0.1, 0.15) is 5.56 Å². The number of anilines is 1. The minimum atomic E-state index is 0.486. The van der Waals surface area contributed by atoms with Crippen molar-refractivity contribution in [1.82, 2.24) is 9.97 Å². The van der Waals surface area contributed by atoms with Crippen LogP contribution in [0.4, 0.5) is 5.69 Å². The molecule has 1 N–H and O–H groups in total. The van der Waals surface area contributed by atoms with Gasteiger partial charge in [-0.25, -0.2) is 9.97 Å². The van der Waals surface area contributed by atoms with Gasteiger partial charge in [-0.15, -0.1) is 0 Å². The van der Waals surface area contributed by atoms with Crippen molar-refractivity contribution in [1.29, 1.82) is 0 Å². The van der Waals surface area contributed by atoms with Gasteiger partial charge in [-0.2, -0.15) is 0 Å². The van der Waals surface area contributed by atoms with Crippen molar-refractivity contribution in [3.05, 3.63) is 58.2 Å². The van der Waals surface area contributed by atoms with Crippen molar-refractivity contribution in [2.45, 2.75) is 6.42 Å². The Morgan fingerprint density at radius 3 is 2.60 bits per heavy atom. The molecular formula is C19H15Cl2N3O. The topological polar surface area (TPSA) is 47.0 Å². The van der Waals surface area contributed by atoms with E-state index >= 15 is 0 Å². The largest absolute Gasteiger partial charge is 0.497 e. The summed E-state index contributed by atoms with van der Waals surface area (Å²) in [5.41, 5.74) is 4.63. The molecule has 2 heterocycles. The van der Waals surface area contributed by atoms with E-state index in [4.69, 9.17) is 32.9 Å². The zero-order valence-corrected chi connectivity index (χ0v) is 15.0. The lowest BCUT2D eigenvalue weighted by Crippen LogP contribution is -2.04. The van der Waals surface area contributed by atoms with E-state index in [0.29, 0.717) is 16.0 Å². The van der Waals surface area contributed by atoms with Crippen LogP contribution >= 0.6 is 23.2 Å². The van der Waals surface area contributed by atoms with Crippen LogP contribution in [0.15, 0.2) is 42.5 Å². The Kier molecular flexibility index (Phi) is 4.24. The van der Waals surface area contributed by atoms with Gasteiger partial charge in [-0.3, -0.25) is 0 Å². The number of benzene rings is 2. The van der Waals surface area contributed by atoms with E-state index in [1.165, 1.54) is 0 Å². The van der Waals surface area contributed by atoms with Gasteiger partial charge in [0, 0.05) is 33.9 Å². The van der Waals surface area contributed by atoms with Gasteiger partial charge in [0.25, 0.3) is 0 Å². The molecule has 0 fully saturated rings. The monoisotopic (exact) mass is 371 g/mol. The minimum Gasteiger partial charge on any atom is -0.497 e. The number of rotatable bonds is 2. The Morgan fingerprint density at radius 1 is 1.04 bits per heavy atom.